The van der Waals surface area contributed by atoms with Gasteiger partial charge in [-0.05, 0) is 48.4 Å². The lowest BCUT2D eigenvalue weighted by Crippen LogP contribution is -2.47. The summed E-state index contributed by atoms with van der Waals surface area (Å²) in [6.07, 6.45) is 0. The number of carbonyl (C=O) groups is 2. The van der Waals surface area contributed by atoms with Crippen molar-refractivity contribution < 1.29 is 22.4 Å². The average molecular weight is 393 g/mol. The van der Waals surface area contributed by atoms with Crippen LogP contribution >= 0.6 is 0 Å². The van der Waals surface area contributed by atoms with Gasteiger partial charge in [0.2, 0.25) is 15.9 Å². The Morgan fingerprint density at radius 3 is 2.26 bits per heavy atom. The van der Waals surface area contributed by atoms with Crippen LogP contribution in [0, 0.1) is 11.7 Å². The Hall–Kier alpha value is -2.78. The number of sulfonamides is 1. The highest BCUT2D eigenvalue weighted by Gasteiger charge is 2.25. The summed E-state index contributed by atoms with van der Waals surface area (Å²) in [5.74, 6) is -1.77. The van der Waals surface area contributed by atoms with Gasteiger partial charge >= 0.3 is 0 Å². The van der Waals surface area contributed by atoms with Crippen molar-refractivity contribution in [1.29, 1.82) is 0 Å². The summed E-state index contributed by atoms with van der Waals surface area (Å²) in [5.41, 5.74) is 0.444. The molecule has 1 atom stereocenters. The molecule has 0 saturated carbocycles. The largest absolute Gasteiger partial charge is 0.340 e. The summed E-state index contributed by atoms with van der Waals surface area (Å²) in [5, 5.41) is 10.3. The molecule has 0 bridgehead atoms. The minimum Gasteiger partial charge on any atom is -0.340 e. The van der Waals surface area contributed by atoms with Crippen molar-refractivity contribution in [1.82, 2.24) is 5.32 Å². The lowest BCUT2D eigenvalue weighted by atomic mass is 10.0. The first kappa shape index (κ1) is 20.5. The minimum absolute atomic E-state index is 0.142. The molecule has 0 heterocycles. The number of hydrogen-bond donors (Lipinski definition) is 3. The van der Waals surface area contributed by atoms with Crippen LogP contribution in [0.25, 0.3) is 0 Å². The van der Waals surface area contributed by atoms with E-state index >= 15 is 0 Å². The van der Waals surface area contributed by atoms with Crippen LogP contribution in [0.2, 0.25) is 0 Å². The molecule has 2 aromatic carbocycles. The molecule has 0 aliphatic heterocycles. The SMILES string of the molecule is CC(C)[C@H](NC(=O)c1ccc(F)cc1)C(=O)Nc1cccc(S(N)(=O)=O)c1. The standard InChI is InChI=1S/C18H20FN3O4S/c1-11(2)16(22-17(23)12-6-8-13(19)9-7-12)18(24)21-14-4-3-5-15(10-14)27(20,25)26/h3-11,16H,1-2H3,(H,21,24)(H,22,23)(H2,20,25,26)/t16-/m0/s1. The van der Waals surface area contributed by atoms with Crippen LogP contribution in [0.3, 0.4) is 0 Å². The molecule has 9 heteroatoms. The fourth-order valence-electron chi connectivity index (χ4n) is 2.33. The van der Waals surface area contributed by atoms with E-state index in [1.54, 1.807) is 13.8 Å². The van der Waals surface area contributed by atoms with Crippen molar-refractivity contribution in [3.63, 3.8) is 0 Å². The van der Waals surface area contributed by atoms with Gasteiger partial charge in [0.05, 0.1) is 4.90 Å². The topological polar surface area (TPSA) is 118 Å². The van der Waals surface area contributed by atoms with Crippen LogP contribution in [0.1, 0.15) is 24.2 Å². The molecule has 2 aromatic rings. The zero-order valence-electron chi connectivity index (χ0n) is 14.8. The van der Waals surface area contributed by atoms with E-state index in [9.17, 15) is 22.4 Å². The Bertz CT molecular complexity index is 943. The third-order valence-corrected chi connectivity index (χ3v) is 4.68. The number of nitrogens with one attached hydrogen (secondary N) is 2. The summed E-state index contributed by atoms with van der Waals surface area (Å²) < 4.78 is 35.8. The molecule has 0 aromatic heterocycles. The van der Waals surface area contributed by atoms with Gasteiger partial charge in [-0.15, -0.1) is 0 Å². The molecular formula is C18H20FN3O4S. The lowest BCUT2D eigenvalue weighted by molar-refractivity contribution is -0.118. The average Bonchev–Trinajstić information content (AvgIpc) is 2.59. The van der Waals surface area contributed by atoms with Gasteiger partial charge in [-0.25, -0.2) is 17.9 Å². The Kier molecular flexibility index (Phi) is 6.29. The number of rotatable bonds is 6. The third kappa shape index (κ3) is 5.60. The molecule has 0 aliphatic rings. The fourth-order valence-corrected chi connectivity index (χ4v) is 2.89. The first-order valence-corrected chi connectivity index (χ1v) is 9.62. The van der Waals surface area contributed by atoms with Crippen molar-refractivity contribution >= 4 is 27.5 Å². The molecule has 0 spiro atoms. The van der Waals surface area contributed by atoms with E-state index in [-0.39, 0.29) is 22.1 Å². The van der Waals surface area contributed by atoms with Crippen LogP contribution in [-0.2, 0) is 14.8 Å². The minimum atomic E-state index is -3.91. The molecular weight excluding hydrogens is 373 g/mol. The molecule has 2 amide bonds. The number of amides is 2. The highest BCUT2D eigenvalue weighted by Crippen LogP contribution is 2.15. The van der Waals surface area contributed by atoms with E-state index in [2.05, 4.69) is 10.6 Å². The van der Waals surface area contributed by atoms with Crippen molar-refractivity contribution in [3.05, 3.63) is 59.9 Å². The Labute approximate surface area is 156 Å². The second-order valence-corrected chi connectivity index (χ2v) is 7.83. The summed E-state index contributed by atoms with van der Waals surface area (Å²) in [6, 6.07) is 9.53. The molecule has 4 N–H and O–H groups in total. The highest BCUT2D eigenvalue weighted by atomic mass is 32.2. The maximum atomic E-state index is 13.0. The Morgan fingerprint density at radius 2 is 1.70 bits per heavy atom. The number of primary sulfonamides is 1. The smallest absolute Gasteiger partial charge is 0.251 e. The van der Waals surface area contributed by atoms with Crippen LogP contribution in [0.5, 0.6) is 0 Å². The van der Waals surface area contributed by atoms with E-state index < -0.39 is 33.7 Å². The maximum absolute atomic E-state index is 13.0. The van der Waals surface area contributed by atoms with Gasteiger partial charge in [-0.2, -0.15) is 0 Å². The van der Waals surface area contributed by atoms with E-state index in [0.29, 0.717) is 0 Å². The Morgan fingerprint density at radius 1 is 1.07 bits per heavy atom. The van der Waals surface area contributed by atoms with Gasteiger partial charge in [0.1, 0.15) is 11.9 Å². The molecule has 2 rings (SSSR count). The van der Waals surface area contributed by atoms with Crippen molar-refractivity contribution in [2.24, 2.45) is 11.1 Å². The van der Waals surface area contributed by atoms with E-state index in [4.69, 9.17) is 5.14 Å². The van der Waals surface area contributed by atoms with Crippen molar-refractivity contribution in [2.45, 2.75) is 24.8 Å². The maximum Gasteiger partial charge on any atom is 0.251 e. The number of nitrogens with two attached hydrogens (primary N) is 1. The zero-order valence-corrected chi connectivity index (χ0v) is 15.6. The number of carbonyl (C=O) groups excluding carboxylic acids is 2. The molecule has 0 fully saturated rings. The molecule has 0 aliphatic carbocycles. The molecule has 0 radical (unpaired) electrons. The van der Waals surface area contributed by atoms with Crippen LogP contribution in [-0.4, -0.2) is 26.3 Å². The summed E-state index contributed by atoms with van der Waals surface area (Å²) in [7, 11) is -3.91. The first-order valence-electron chi connectivity index (χ1n) is 8.08. The number of benzene rings is 2. The second-order valence-electron chi connectivity index (χ2n) is 6.26. The lowest BCUT2D eigenvalue weighted by Gasteiger charge is -2.22. The quantitative estimate of drug-likeness (QED) is 0.694. The normalized spacial score (nSPS) is 12.5. The molecule has 0 unspecified atom stereocenters. The molecule has 7 nitrogen and oxygen atoms in total. The zero-order chi connectivity index (χ0) is 20.2. The van der Waals surface area contributed by atoms with Gasteiger partial charge in [0, 0.05) is 11.3 Å². The monoisotopic (exact) mass is 393 g/mol. The number of halogens is 1. The van der Waals surface area contributed by atoms with Gasteiger partial charge < -0.3 is 10.6 Å². The van der Waals surface area contributed by atoms with Crippen LogP contribution in [0.4, 0.5) is 10.1 Å². The third-order valence-electron chi connectivity index (χ3n) is 3.77. The summed E-state index contributed by atoms with van der Waals surface area (Å²) in [6.45, 7) is 3.49. The van der Waals surface area contributed by atoms with Gasteiger partial charge in [-0.3, -0.25) is 9.59 Å². The Balaban J connectivity index is 2.15. The van der Waals surface area contributed by atoms with E-state index in [1.165, 1.54) is 36.4 Å². The molecule has 144 valence electrons. The molecule has 27 heavy (non-hydrogen) atoms. The predicted octanol–water partition coefficient (Wildman–Crippen LogP) is 1.87. The van der Waals surface area contributed by atoms with Crippen molar-refractivity contribution in [3.8, 4) is 0 Å². The number of anilines is 1. The summed E-state index contributed by atoms with van der Waals surface area (Å²) >= 11 is 0. The second kappa shape index (κ2) is 8.28. The summed E-state index contributed by atoms with van der Waals surface area (Å²) in [4.78, 5) is 24.7. The van der Waals surface area contributed by atoms with Crippen LogP contribution < -0.4 is 15.8 Å². The first-order chi connectivity index (χ1) is 12.6. The molecule has 0 saturated heterocycles. The van der Waals surface area contributed by atoms with Crippen LogP contribution in [0.15, 0.2) is 53.4 Å². The predicted molar refractivity (Wildman–Crippen MR) is 98.9 cm³/mol. The highest BCUT2D eigenvalue weighted by molar-refractivity contribution is 7.89. The van der Waals surface area contributed by atoms with Gasteiger partial charge in [-0.1, -0.05) is 19.9 Å². The van der Waals surface area contributed by atoms with E-state index in [0.717, 1.165) is 12.1 Å². The number of hydrogen-bond acceptors (Lipinski definition) is 4. The van der Waals surface area contributed by atoms with E-state index in [1.807, 2.05) is 0 Å². The fraction of sp³-hybridized carbons (Fsp3) is 0.222. The van der Waals surface area contributed by atoms with Gasteiger partial charge in [0.15, 0.2) is 0 Å². The van der Waals surface area contributed by atoms with Gasteiger partial charge in [0.25, 0.3) is 5.91 Å². The van der Waals surface area contributed by atoms with Crippen molar-refractivity contribution in [2.75, 3.05) is 5.32 Å².